The van der Waals surface area contributed by atoms with E-state index in [-0.39, 0.29) is 18.1 Å². The van der Waals surface area contributed by atoms with Gasteiger partial charge in [-0.25, -0.2) is 14.4 Å². The zero-order valence-corrected chi connectivity index (χ0v) is 18.6. The number of hydrogen-bond donors (Lipinski definition) is 2. The van der Waals surface area contributed by atoms with Crippen molar-refractivity contribution in [3.8, 4) is 11.4 Å². The summed E-state index contributed by atoms with van der Waals surface area (Å²) in [6, 6.07) is 21.6. The van der Waals surface area contributed by atoms with Crippen LogP contribution in [0, 0.1) is 19.7 Å². The van der Waals surface area contributed by atoms with Gasteiger partial charge in [0.2, 0.25) is 5.91 Å². The third-order valence-corrected chi connectivity index (χ3v) is 5.37. The minimum Gasteiger partial charge on any atom is -0.381 e. The molecule has 1 amide bonds. The molecular weight excluding hydrogens is 415 g/mol. The van der Waals surface area contributed by atoms with E-state index in [2.05, 4.69) is 20.6 Å². The minimum atomic E-state index is -0.313. The number of nitrogens with zero attached hydrogens (tertiary/aromatic N) is 2. The zero-order chi connectivity index (χ0) is 23.2. The van der Waals surface area contributed by atoms with E-state index in [1.165, 1.54) is 12.1 Å². The second-order valence-corrected chi connectivity index (χ2v) is 7.90. The molecular formula is C27H25FN4O. The van der Waals surface area contributed by atoms with Gasteiger partial charge < -0.3 is 10.6 Å². The van der Waals surface area contributed by atoms with Gasteiger partial charge in [-0.1, -0.05) is 42.5 Å². The number of anilines is 2. The van der Waals surface area contributed by atoms with Crippen molar-refractivity contribution in [1.29, 1.82) is 0 Å². The van der Waals surface area contributed by atoms with Crippen LogP contribution in [0.4, 0.5) is 15.8 Å². The number of carbonyl (C=O) groups is 1. The van der Waals surface area contributed by atoms with Gasteiger partial charge in [0, 0.05) is 40.9 Å². The summed E-state index contributed by atoms with van der Waals surface area (Å²) in [6.07, 6.45) is 2.05. The summed E-state index contributed by atoms with van der Waals surface area (Å²) in [6.45, 7) is 4.52. The quantitative estimate of drug-likeness (QED) is 0.387. The van der Waals surface area contributed by atoms with Crippen molar-refractivity contribution < 1.29 is 9.18 Å². The van der Waals surface area contributed by atoms with Gasteiger partial charge in [-0.15, -0.1) is 0 Å². The molecule has 0 bridgehead atoms. The molecule has 1 aromatic heterocycles. The maximum Gasteiger partial charge on any atom is 0.228 e. The van der Waals surface area contributed by atoms with Crippen LogP contribution in [0.2, 0.25) is 0 Å². The van der Waals surface area contributed by atoms with Crippen LogP contribution in [-0.2, 0) is 17.8 Å². The lowest BCUT2D eigenvalue weighted by atomic mass is 10.1. The highest BCUT2D eigenvalue weighted by atomic mass is 19.1. The predicted octanol–water partition coefficient (Wildman–Crippen LogP) is 5.69. The van der Waals surface area contributed by atoms with E-state index in [1.54, 1.807) is 12.1 Å². The van der Waals surface area contributed by atoms with E-state index in [0.717, 1.165) is 39.3 Å². The minimum absolute atomic E-state index is 0.142. The van der Waals surface area contributed by atoms with Gasteiger partial charge in [-0.3, -0.25) is 4.79 Å². The van der Waals surface area contributed by atoms with Gasteiger partial charge >= 0.3 is 0 Å². The first-order chi connectivity index (χ1) is 16.0. The fourth-order valence-corrected chi connectivity index (χ4v) is 3.49. The Morgan fingerprint density at radius 1 is 0.970 bits per heavy atom. The Balaban J connectivity index is 1.36. The number of carbonyl (C=O) groups excluding carboxylic acids is 1. The standard InChI is InChI=1S/C27H25FN4O/c1-18-14-24(12-13-25(18)32-26(33)15-20-8-10-23(28)11-9-20)29-16-22-17-30-27(31-19(22)2)21-6-4-3-5-7-21/h3-14,17,29H,15-16H2,1-2H3,(H,32,33). The summed E-state index contributed by atoms with van der Waals surface area (Å²) in [5.74, 6) is 0.261. The second-order valence-electron chi connectivity index (χ2n) is 7.90. The van der Waals surface area contributed by atoms with Gasteiger partial charge in [-0.2, -0.15) is 0 Å². The predicted molar refractivity (Wildman–Crippen MR) is 129 cm³/mol. The average Bonchev–Trinajstić information content (AvgIpc) is 2.82. The summed E-state index contributed by atoms with van der Waals surface area (Å²) < 4.78 is 13.0. The lowest BCUT2D eigenvalue weighted by Crippen LogP contribution is -2.15. The van der Waals surface area contributed by atoms with Crippen LogP contribution in [0.3, 0.4) is 0 Å². The van der Waals surface area contributed by atoms with Crippen LogP contribution in [0.15, 0.2) is 79.0 Å². The second kappa shape index (κ2) is 10.0. The summed E-state index contributed by atoms with van der Waals surface area (Å²) in [4.78, 5) is 21.5. The van der Waals surface area contributed by atoms with Crippen molar-refractivity contribution in [2.24, 2.45) is 0 Å². The summed E-state index contributed by atoms with van der Waals surface area (Å²) >= 11 is 0. The Labute approximate surface area is 192 Å². The fraction of sp³-hybridized carbons (Fsp3) is 0.148. The molecule has 3 aromatic carbocycles. The molecule has 0 saturated carbocycles. The Kier molecular flexibility index (Phi) is 6.74. The van der Waals surface area contributed by atoms with E-state index >= 15 is 0 Å². The van der Waals surface area contributed by atoms with Gasteiger partial charge in [0.1, 0.15) is 5.82 Å². The maximum atomic E-state index is 13.0. The van der Waals surface area contributed by atoms with Gasteiger partial charge in [0.15, 0.2) is 5.82 Å². The lowest BCUT2D eigenvalue weighted by Gasteiger charge is -2.13. The zero-order valence-electron chi connectivity index (χ0n) is 18.6. The largest absolute Gasteiger partial charge is 0.381 e. The van der Waals surface area contributed by atoms with Crippen molar-refractivity contribution in [2.45, 2.75) is 26.8 Å². The first-order valence-electron chi connectivity index (χ1n) is 10.7. The molecule has 0 atom stereocenters. The van der Waals surface area contributed by atoms with E-state index in [0.29, 0.717) is 12.4 Å². The molecule has 6 heteroatoms. The first kappa shape index (κ1) is 22.1. The molecule has 0 radical (unpaired) electrons. The highest BCUT2D eigenvalue weighted by Crippen LogP contribution is 2.22. The molecule has 0 unspecified atom stereocenters. The first-order valence-corrected chi connectivity index (χ1v) is 10.7. The normalized spacial score (nSPS) is 10.6. The van der Waals surface area contributed by atoms with Crippen LogP contribution in [0.1, 0.15) is 22.4 Å². The molecule has 0 saturated heterocycles. The summed E-state index contributed by atoms with van der Waals surface area (Å²) in [5.41, 5.74) is 6.34. The van der Waals surface area contributed by atoms with Crippen molar-refractivity contribution in [1.82, 2.24) is 9.97 Å². The third-order valence-electron chi connectivity index (χ3n) is 5.37. The number of aryl methyl sites for hydroxylation is 2. The van der Waals surface area contributed by atoms with Gasteiger partial charge in [-0.05, 0) is 55.3 Å². The molecule has 166 valence electrons. The lowest BCUT2D eigenvalue weighted by molar-refractivity contribution is -0.115. The maximum absolute atomic E-state index is 13.0. The molecule has 0 fully saturated rings. The van der Waals surface area contributed by atoms with E-state index in [1.807, 2.05) is 68.6 Å². The summed E-state index contributed by atoms with van der Waals surface area (Å²) in [5, 5.41) is 6.32. The Morgan fingerprint density at radius 2 is 1.73 bits per heavy atom. The number of amides is 1. The van der Waals surface area contributed by atoms with E-state index < -0.39 is 0 Å². The van der Waals surface area contributed by atoms with E-state index in [4.69, 9.17) is 0 Å². The van der Waals surface area contributed by atoms with Crippen molar-refractivity contribution >= 4 is 17.3 Å². The highest BCUT2D eigenvalue weighted by molar-refractivity contribution is 5.93. The van der Waals surface area contributed by atoms with Gasteiger partial charge in [0.05, 0.1) is 6.42 Å². The van der Waals surface area contributed by atoms with Gasteiger partial charge in [0.25, 0.3) is 0 Å². The third kappa shape index (κ3) is 5.80. The van der Waals surface area contributed by atoms with Crippen molar-refractivity contribution in [2.75, 3.05) is 10.6 Å². The Hall–Kier alpha value is -4.06. The average molecular weight is 441 g/mol. The number of hydrogen-bond acceptors (Lipinski definition) is 4. The van der Waals surface area contributed by atoms with Crippen LogP contribution < -0.4 is 10.6 Å². The molecule has 2 N–H and O–H groups in total. The van der Waals surface area contributed by atoms with Crippen LogP contribution in [0.5, 0.6) is 0 Å². The van der Waals surface area contributed by atoms with Crippen LogP contribution in [-0.4, -0.2) is 15.9 Å². The number of halogens is 1. The molecule has 0 aliphatic heterocycles. The molecule has 1 heterocycles. The number of nitrogens with one attached hydrogen (secondary N) is 2. The molecule has 4 rings (SSSR count). The Morgan fingerprint density at radius 3 is 2.42 bits per heavy atom. The smallest absolute Gasteiger partial charge is 0.228 e. The van der Waals surface area contributed by atoms with Crippen LogP contribution in [0.25, 0.3) is 11.4 Å². The number of aromatic nitrogens is 2. The molecule has 0 spiro atoms. The monoisotopic (exact) mass is 440 g/mol. The number of rotatable bonds is 7. The highest BCUT2D eigenvalue weighted by Gasteiger charge is 2.09. The fourth-order valence-electron chi connectivity index (χ4n) is 3.49. The molecule has 4 aromatic rings. The van der Waals surface area contributed by atoms with E-state index in [9.17, 15) is 9.18 Å². The SMILES string of the molecule is Cc1cc(NCc2cnc(-c3ccccc3)nc2C)ccc1NC(=O)Cc1ccc(F)cc1. The molecule has 0 aliphatic carbocycles. The molecule has 33 heavy (non-hydrogen) atoms. The summed E-state index contributed by atoms with van der Waals surface area (Å²) in [7, 11) is 0. The molecule has 0 aliphatic rings. The van der Waals surface area contributed by atoms with Crippen molar-refractivity contribution in [3.05, 3.63) is 107 Å². The van der Waals surface area contributed by atoms with Crippen molar-refractivity contribution in [3.63, 3.8) is 0 Å². The topological polar surface area (TPSA) is 66.9 Å². The Bertz CT molecular complexity index is 1260. The molecule has 5 nitrogen and oxygen atoms in total. The number of benzene rings is 3. The van der Waals surface area contributed by atoms with Crippen LogP contribution >= 0.6 is 0 Å².